The van der Waals surface area contributed by atoms with Crippen LogP contribution in [0.5, 0.6) is 5.75 Å². The second-order valence-corrected chi connectivity index (χ2v) is 9.16. The highest BCUT2D eigenvalue weighted by Gasteiger charge is 2.50. The number of hydrogen-bond donors (Lipinski definition) is 1. The smallest absolute Gasteiger partial charge is 0.220 e. The molecule has 2 atom stereocenters. The van der Waals surface area contributed by atoms with Crippen molar-refractivity contribution in [3.63, 3.8) is 0 Å². The SMILES string of the molecule is COc1ccccc1-c1ccccc1CN1C[C@@H](c2ccccc2F)[C@@]2(CCCC(=O)N2)C1. The lowest BCUT2D eigenvalue weighted by atomic mass is 9.76. The van der Waals surface area contributed by atoms with Gasteiger partial charge in [0.05, 0.1) is 12.6 Å². The summed E-state index contributed by atoms with van der Waals surface area (Å²) in [5, 5.41) is 3.28. The predicted molar refractivity (Wildman–Crippen MR) is 128 cm³/mol. The number of nitrogens with one attached hydrogen (secondary N) is 1. The van der Waals surface area contributed by atoms with E-state index in [1.807, 2.05) is 36.4 Å². The molecule has 2 saturated heterocycles. The fourth-order valence-corrected chi connectivity index (χ4v) is 5.66. The Labute approximate surface area is 194 Å². The van der Waals surface area contributed by atoms with Gasteiger partial charge in [0.25, 0.3) is 0 Å². The highest BCUT2D eigenvalue weighted by atomic mass is 19.1. The van der Waals surface area contributed by atoms with Crippen molar-refractivity contribution in [2.24, 2.45) is 0 Å². The van der Waals surface area contributed by atoms with Gasteiger partial charge in [0.2, 0.25) is 5.91 Å². The van der Waals surface area contributed by atoms with Gasteiger partial charge in [-0.05, 0) is 41.7 Å². The lowest BCUT2D eigenvalue weighted by molar-refractivity contribution is -0.125. The van der Waals surface area contributed by atoms with Crippen LogP contribution in [-0.2, 0) is 11.3 Å². The molecule has 0 unspecified atom stereocenters. The van der Waals surface area contributed by atoms with Gasteiger partial charge >= 0.3 is 0 Å². The van der Waals surface area contributed by atoms with Gasteiger partial charge in [-0.25, -0.2) is 4.39 Å². The van der Waals surface area contributed by atoms with E-state index in [0.717, 1.165) is 36.3 Å². The van der Waals surface area contributed by atoms with Gasteiger partial charge in [0, 0.05) is 37.5 Å². The topological polar surface area (TPSA) is 41.6 Å². The minimum absolute atomic E-state index is 0.0684. The third kappa shape index (κ3) is 4.13. The second-order valence-electron chi connectivity index (χ2n) is 9.16. The number of rotatable bonds is 5. The molecule has 2 aliphatic rings. The zero-order valence-electron chi connectivity index (χ0n) is 18.9. The van der Waals surface area contributed by atoms with Crippen molar-refractivity contribution in [3.05, 3.63) is 89.7 Å². The van der Waals surface area contributed by atoms with Gasteiger partial charge in [-0.2, -0.15) is 0 Å². The van der Waals surface area contributed by atoms with E-state index < -0.39 is 5.54 Å². The van der Waals surface area contributed by atoms with E-state index in [4.69, 9.17) is 4.74 Å². The number of benzene rings is 3. The molecule has 2 fully saturated rings. The summed E-state index contributed by atoms with van der Waals surface area (Å²) in [6.45, 7) is 2.12. The maximum absolute atomic E-state index is 14.9. The third-order valence-electron chi connectivity index (χ3n) is 7.12. The van der Waals surface area contributed by atoms with E-state index in [9.17, 15) is 9.18 Å². The number of likely N-dealkylation sites (tertiary alicyclic amines) is 1. The average molecular weight is 445 g/mol. The number of hydrogen-bond acceptors (Lipinski definition) is 3. The lowest BCUT2D eigenvalue weighted by Crippen LogP contribution is -2.56. The van der Waals surface area contributed by atoms with Crippen LogP contribution in [0.25, 0.3) is 11.1 Å². The molecule has 3 aromatic rings. The summed E-state index contributed by atoms with van der Waals surface area (Å²) in [7, 11) is 1.69. The number of para-hydroxylation sites is 1. The molecule has 1 spiro atoms. The fraction of sp³-hybridized carbons (Fsp3) is 0.321. The molecule has 3 aromatic carbocycles. The van der Waals surface area contributed by atoms with Crippen LogP contribution in [0.2, 0.25) is 0 Å². The second kappa shape index (κ2) is 8.99. The van der Waals surface area contributed by atoms with Gasteiger partial charge in [-0.1, -0.05) is 60.7 Å². The molecule has 5 rings (SSSR count). The summed E-state index contributed by atoms with van der Waals surface area (Å²) in [5.41, 5.74) is 3.64. The quantitative estimate of drug-likeness (QED) is 0.593. The number of nitrogens with zero attached hydrogens (tertiary/aromatic N) is 1. The van der Waals surface area contributed by atoms with E-state index >= 15 is 0 Å². The number of halogens is 1. The molecule has 0 radical (unpaired) electrons. The van der Waals surface area contributed by atoms with Crippen molar-refractivity contribution in [2.45, 2.75) is 37.3 Å². The van der Waals surface area contributed by atoms with Crippen LogP contribution in [0.15, 0.2) is 72.8 Å². The van der Waals surface area contributed by atoms with E-state index in [1.54, 1.807) is 13.2 Å². The summed E-state index contributed by atoms with van der Waals surface area (Å²) in [6, 6.07) is 23.4. The van der Waals surface area contributed by atoms with E-state index in [2.05, 4.69) is 34.5 Å². The first-order valence-electron chi connectivity index (χ1n) is 11.6. The van der Waals surface area contributed by atoms with Crippen molar-refractivity contribution in [1.29, 1.82) is 0 Å². The molecule has 33 heavy (non-hydrogen) atoms. The first kappa shape index (κ1) is 21.7. The Morgan fingerprint density at radius 3 is 2.55 bits per heavy atom. The van der Waals surface area contributed by atoms with Crippen molar-refractivity contribution < 1.29 is 13.9 Å². The van der Waals surface area contributed by atoms with Crippen molar-refractivity contribution in [2.75, 3.05) is 20.2 Å². The highest BCUT2D eigenvalue weighted by molar-refractivity contribution is 5.78. The summed E-state index contributed by atoms with van der Waals surface area (Å²) >= 11 is 0. The predicted octanol–water partition coefficient (Wildman–Crippen LogP) is 5.14. The Morgan fingerprint density at radius 2 is 1.76 bits per heavy atom. The maximum Gasteiger partial charge on any atom is 0.220 e. The normalized spacial score (nSPS) is 23.0. The average Bonchev–Trinajstić information content (AvgIpc) is 3.16. The molecule has 0 bridgehead atoms. The van der Waals surface area contributed by atoms with Gasteiger partial charge in [0.15, 0.2) is 0 Å². The Kier molecular flexibility index (Phi) is 5.90. The molecule has 5 heteroatoms. The Morgan fingerprint density at radius 1 is 1.03 bits per heavy atom. The summed E-state index contributed by atoms with van der Waals surface area (Å²) in [6.07, 6.45) is 2.24. The third-order valence-corrected chi connectivity index (χ3v) is 7.12. The molecule has 1 N–H and O–H groups in total. The Bertz CT molecular complexity index is 1160. The number of methoxy groups -OCH3 is 1. The first-order valence-corrected chi connectivity index (χ1v) is 11.6. The van der Waals surface area contributed by atoms with Crippen LogP contribution >= 0.6 is 0 Å². The minimum Gasteiger partial charge on any atom is -0.496 e. The van der Waals surface area contributed by atoms with Gasteiger partial charge < -0.3 is 10.1 Å². The minimum atomic E-state index is -0.434. The van der Waals surface area contributed by atoms with Crippen LogP contribution < -0.4 is 10.1 Å². The van der Waals surface area contributed by atoms with Crippen molar-refractivity contribution in [3.8, 4) is 16.9 Å². The van der Waals surface area contributed by atoms with Crippen LogP contribution in [0.1, 0.15) is 36.3 Å². The maximum atomic E-state index is 14.9. The molecule has 4 nitrogen and oxygen atoms in total. The molecule has 1 amide bonds. The zero-order chi connectivity index (χ0) is 22.8. The molecular formula is C28H29FN2O2. The number of carbonyl (C=O) groups excluding carboxylic acids is 1. The van der Waals surface area contributed by atoms with E-state index in [-0.39, 0.29) is 17.6 Å². The highest BCUT2D eigenvalue weighted by Crippen LogP contribution is 2.43. The molecule has 0 aromatic heterocycles. The van der Waals surface area contributed by atoms with Crippen molar-refractivity contribution in [1.82, 2.24) is 10.2 Å². The monoisotopic (exact) mass is 444 g/mol. The van der Waals surface area contributed by atoms with E-state index in [1.165, 1.54) is 11.6 Å². The standard InChI is InChI=1S/C28H29FN2O2/c1-33-26-14-7-5-11-22(26)21-10-3-2-9-20(21)17-31-18-24(23-12-4-6-13-25(23)29)28(19-31)16-8-15-27(32)30-28/h2-7,9-14,24H,8,15-19H2,1H3,(H,30,32)/t24-,28+/m0/s1. The Balaban J connectivity index is 1.48. The van der Waals surface area contributed by atoms with Crippen molar-refractivity contribution >= 4 is 5.91 Å². The summed E-state index contributed by atoms with van der Waals surface area (Å²) in [5.74, 6) is 0.629. The number of ether oxygens (including phenoxy) is 1. The molecule has 0 aliphatic carbocycles. The first-order chi connectivity index (χ1) is 16.1. The molecule has 0 saturated carbocycles. The van der Waals surface area contributed by atoms with Crippen LogP contribution in [0.4, 0.5) is 4.39 Å². The number of amides is 1. The Hall–Kier alpha value is -3.18. The van der Waals surface area contributed by atoms with Crippen LogP contribution in [-0.4, -0.2) is 36.5 Å². The molecule has 2 heterocycles. The molecular weight excluding hydrogens is 415 g/mol. The largest absolute Gasteiger partial charge is 0.496 e. The fourth-order valence-electron chi connectivity index (χ4n) is 5.66. The van der Waals surface area contributed by atoms with Crippen LogP contribution in [0, 0.1) is 5.82 Å². The van der Waals surface area contributed by atoms with Gasteiger partial charge in [0.1, 0.15) is 11.6 Å². The van der Waals surface area contributed by atoms with E-state index in [0.29, 0.717) is 25.1 Å². The summed E-state index contributed by atoms with van der Waals surface area (Å²) in [4.78, 5) is 14.8. The number of carbonyl (C=O) groups is 1. The van der Waals surface area contributed by atoms with Crippen LogP contribution in [0.3, 0.4) is 0 Å². The number of piperidine rings is 1. The summed E-state index contributed by atoms with van der Waals surface area (Å²) < 4.78 is 20.5. The lowest BCUT2D eigenvalue weighted by Gasteiger charge is -2.39. The van der Waals surface area contributed by atoms with Gasteiger partial charge in [-0.15, -0.1) is 0 Å². The molecule has 2 aliphatic heterocycles. The molecule has 170 valence electrons. The zero-order valence-corrected chi connectivity index (χ0v) is 18.9. The van der Waals surface area contributed by atoms with Gasteiger partial charge in [-0.3, -0.25) is 9.69 Å².